The van der Waals surface area contributed by atoms with Crippen LogP contribution in [-0.2, 0) is 6.42 Å². The van der Waals surface area contributed by atoms with Gasteiger partial charge in [0.25, 0.3) is 0 Å². The van der Waals surface area contributed by atoms with E-state index >= 15 is 0 Å². The van der Waals surface area contributed by atoms with E-state index in [4.69, 9.17) is 21.9 Å². The van der Waals surface area contributed by atoms with Gasteiger partial charge >= 0.3 is 0 Å². The molecule has 0 bridgehead atoms. The van der Waals surface area contributed by atoms with Crippen molar-refractivity contribution < 1.29 is 4.42 Å². The maximum Gasteiger partial charge on any atom is 0.105 e. The van der Waals surface area contributed by atoms with Crippen molar-refractivity contribution in [1.29, 1.82) is 0 Å². The molecule has 2 heterocycles. The minimum Gasteiger partial charge on any atom is -0.469 e. The number of nitrogens with two attached hydrogens (primary N) is 1. The third kappa shape index (κ3) is 2.61. The van der Waals surface area contributed by atoms with E-state index in [1.165, 1.54) is 0 Å². The Labute approximate surface area is 98.4 Å². The van der Waals surface area contributed by atoms with Crippen molar-refractivity contribution in [3.05, 3.63) is 53.2 Å². The molecular weight excluding hydrogens is 226 g/mol. The SMILES string of the molecule is NNC(Cc1ccco1)c1ccc(Cl)cn1. The summed E-state index contributed by atoms with van der Waals surface area (Å²) < 4.78 is 5.26. The van der Waals surface area contributed by atoms with E-state index in [1.54, 1.807) is 18.5 Å². The quantitative estimate of drug-likeness (QED) is 0.631. The van der Waals surface area contributed by atoms with Crippen LogP contribution in [0.5, 0.6) is 0 Å². The van der Waals surface area contributed by atoms with Gasteiger partial charge in [0, 0.05) is 12.6 Å². The lowest BCUT2D eigenvalue weighted by atomic mass is 10.1. The number of rotatable bonds is 4. The second-order valence-electron chi connectivity index (χ2n) is 3.40. The Bertz CT molecular complexity index is 427. The molecule has 0 saturated carbocycles. The average Bonchev–Trinajstić information content (AvgIpc) is 2.80. The normalized spacial score (nSPS) is 12.6. The fraction of sp³-hybridized carbons (Fsp3) is 0.182. The van der Waals surface area contributed by atoms with Gasteiger partial charge in [-0.05, 0) is 24.3 Å². The van der Waals surface area contributed by atoms with E-state index in [0.717, 1.165) is 11.5 Å². The van der Waals surface area contributed by atoms with Crippen LogP contribution in [0.1, 0.15) is 17.5 Å². The van der Waals surface area contributed by atoms with Crippen LogP contribution in [0.15, 0.2) is 41.1 Å². The zero-order chi connectivity index (χ0) is 11.4. The minimum atomic E-state index is -0.0802. The lowest BCUT2D eigenvalue weighted by Crippen LogP contribution is -2.30. The molecule has 0 aliphatic heterocycles. The molecule has 3 N–H and O–H groups in total. The molecule has 0 saturated heterocycles. The van der Waals surface area contributed by atoms with E-state index in [1.807, 2.05) is 18.2 Å². The first-order valence-electron chi connectivity index (χ1n) is 4.89. The Morgan fingerprint density at radius 2 is 2.31 bits per heavy atom. The summed E-state index contributed by atoms with van der Waals surface area (Å²) in [7, 11) is 0. The van der Waals surface area contributed by atoms with Gasteiger partial charge in [-0.15, -0.1) is 0 Å². The molecular formula is C11H12ClN3O. The van der Waals surface area contributed by atoms with Crippen LogP contribution in [0, 0.1) is 0 Å². The Balaban J connectivity index is 2.13. The maximum atomic E-state index is 5.77. The number of pyridine rings is 1. The molecule has 4 nitrogen and oxygen atoms in total. The third-order valence-corrected chi connectivity index (χ3v) is 2.52. The van der Waals surface area contributed by atoms with Crippen molar-refractivity contribution in [2.75, 3.05) is 0 Å². The predicted octanol–water partition coefficient (Wildman–Crippen LogP) is 2.08. The second kappa shape index (κ2) is 5.12. The smallest absolute Gasteiger partial charge is 0.105 e. The highest BCUT2D eigenvalue weighted by Gasteiger charge is 2.13. The summed E-state index contributed by atoms with van der Waals surface area (Å²) in [6.45, 7) is 0. The third-order valence-electron chi connectivity index (χ3n) is 2.29. The average molecular weight is 238 g/mol. The maximum absolute atomic E-state index is 5.77. The second-order valence-corrected chi connectivity index (χ2v) is 3.84. The number of furan rings is 1. The molecule has 2 aromatic rings. The van der Waals surface area contributed by atoms with E-state index in [-0.39, 0.29) is 6.04 Å². The van der Waals surface area contributed by atoms with Gasteiger partial charge < -0.3 is 4.42 Å². The van der Waals surface area contributed by atoms with Gasteiger partial charge in [-0.25, -0.2) is 0 Å². The minimum absolute atomic E-state index is 0.0802. The van der Waals surface area contributed by atoms with Crippen molar-refractivity contribution in [2.24, 2.45) is 5.84 Å². The molecule has 0 spiro atoms. The number of hydrazine groups is 1. The zero-order valence-electron chi connectivity index (χ0n) is 8.56. The Morgan fingerprint density at radius 3 is 2.88 bits per heavy atom. The molecule has 2 aromatic heterocycles. The first-order chi connectivity index (χ1) is 7.79. The van der Waals surface area contributed by atoms with Crippen molar-refractivity contribution in [3.8, 4) is 0 Å². The van der Waals surface area contributed by atoms with Crippen LogP contribution in [-0.4, -0.2) is 4.98 Å². The number of nitrogens with one attached hydrogen (secondary N) is 1. The van der Waals surface area contributed by atoms with E-state index in [2.05, 4.69) is 10.4 Å². The van der Waals surface area contributed by atoms with Crippen LogP contribution >= 0.6 is 11.6 Å². The molecule has 0 aliphatic rings. The molecule has 0 radical (unpaired) electrons. The van der Waals surface area contributed by atoms with Crippen molar-refractivity contribution in [3.63, 3.8) is 0 Å². The number of aromatic nitrogens is 1. The molecule has 5 heteroatoms. The molecule has 0 aliphatic carbocycles. The van der Waals surface area contributed by atoms with E-state index in [0.29, 0.717) is 11.4 Å². The van der Waals surface area contributed by atoms with Crippen LogP contribution < -0.4 is 11.3 Å². The lowest BCUT2D eigenvalue weighted by molar-refractivity contribution is 0.449. The summed E-state index contributed by atoms with van der Waals surface area (Å²) in [5, 5.41) is 0.609. The van der Waals surface area contributed by atoms with Gasteiger partial charge in [0.15, 0.2) is 0 Å². The molecule has 16 heavy (non-hydrogen) atoms. The highest BCUT2D eigenvalue weighted by molar-refractivity contribution is 6.30. The highest BCUT2D eigenvalue weighted by atomic mass is 35.5. The van der Waals surface area contributed by atoms with Crippen molar-refractivity contribution >= 4 is 11.6 Å². The number of nitrogens with zero attached hydrogens (tertiary/aromatic N) is 1. The van der Waals surface area contributed by atoms with Crippen molar-refractivity contribution in [1.82, 2.24) is 10.4 Å². The van der Waals surface area contributed by atoms with E-state index in [9.17, 15) is 0 Å². The highest BCUT2D eigenvalue weighted by Crippen LogP contribution is 2.17. The fourth-order valence-corrected chi connectivity index (χ4v) is 1.58. The number of halogens is 1. The zero-order valence-corrected chi connectivity index (χ0v) is 9.32. The summed E-state index contributed by atoms with van der Waals surface area (Å²) in [5.41, 5.74) is 3.55. The lowest BCUT2D eigenvalue weighted by Gasteiger charge is -2.13. The molecule has 84 valence electrons. The Morgan fingerprint density at radius 1 is 1.44 bits per heavy atom. The first-order valence-corrected chi connectivity index (χ1v) is 5.27. The Hall–Kier alpha value is -1.36. The molecule has 0 fully saturated rings. The van der Waals surface area contributed by atoms with Crippen LogP contribution in [0.2, 0.25) is 5.02 Å². The standard InChI is InChI=1S/C11H12ClN3O/c12-8-3-4-10(14-7-8)11(15-13)6-9-2-1-5-16-9/h1-5,7,11,15H,6,13H2. The summed E-state index contributed by atoms with van der Waals surface area (Å²) in [6.07, 6.45) is 3.89. The van der Waals surface area contributed by atoms with E-state index < -0.39 is 0 Å². The number of hydrogen-bond acceptors (Lipinski definition) is 4. The van der Waals surface area contributed by atoms with Gasteiger partial charge in [0.05, 0.1) is 23.0 Å². The predicted molar refractivity (Wildman–Crippen MR) is 61.7 cm³/mol. The largest absolute Gasteiger partial charge is 0.469 e. The van der Waals surface area contributed by atoms with Gasteiger partial charge in [0.2, 0.25) is 0 Å². The summed E-state index contributed by atoms with van der Waals surface area (Å²) in [4.78, 5) is 4.21. The molecule has 1 unspecified atom stereocenters. The summed E-state index contributed by atoms with van der Waals surface area (Å²) in [5.74, 6) is 6.36. The van der Waals surface area contributed by atoms with Gasteiger partial charge in [-0.3, -0.25) is 16.3 Å². The van der Waals surface area contributed by atoms with Crippen LogP contribution in [0.4, 0.5) is 0 Å². The topological polar surface area (TPSA) is 64.1 Å². The molecule has 0 amide bonds. The molecule has 1 atom stereocenters. The fourth-order valence-electron chi connectivity index (χ4n) is 1.47. The van der Waals surface area contributed by atoms with Crippen molar-refractivity contribution in [2.45, 2.75) is 12.5 Å². The summed E-state index contributed by atoms with van der Waals surface area (Å²) in [6, 6.07) is 7.30. The summed E-state index contributed by atoms with van der Waals surface area (Å²) >= 11 is 5.77. The first kappa shape index (κ1) is 11.1. The monoisotopic (exact) mass is 237 g/mol. The van der Waals surface area contributed by atoms with Gasteiger partial charge in [-0.2, -0.15) is 0 Å². The van der Waals surface area contributed by atoms with Gasteiger partial charge in [0.1, 0.15) is 5.76 Å². The van der Waals surface area contributed by atoms with Crippen LogP contribution in [0.3, 0.4) is 0 Å². The molecule has 0 aromatic carbocycles. The number of hydrogen-bond donors (Lipinski definition) is 2. The van der Waals surface area contributed by atoms with Crippen LogP contribution in [0.25, 0.3) is 0 Å². The Kier molecular flexibility index (Phi) is 3.56. The molecule has 2 rings (SSSR count). The van der Waals surface area contributed by atoms with Gasteiger partial charge in [-0.1, -0.05) is 11.6 Å².